The van der Waals surface area contributed by atoms with Gasteiger partial charge < -0.3 is 16.2 Å². The number of anilines is 2. The summed E-state index contributed by atoms with van der Waals surface area (Å²) in [6.45, 7) is 4.27. The molecule has 2 rings (SSSR count). The molecule has 0 radical (unpaired) electrons. The maximum Gasteiger partial charge on any atom is 0.221 e. The van der Waals surface area contributed by atoms with Crippen molar-refractivity contribution in [2.75, 3.05) is 18.6 Å². The number of nitrogens with zero attached hydrogens (tertiary/aromatic N) is 2. The first-order valence-electron chi connectivity index (χ1n) is 7.02. The fourth-order valence-electron chi connectivity index (χ4n) is 2.05. The Hall–Kier alpha value is -1.31. The van der Waals surface area contributed by atoms with Crippen molar-refractivity contribution in [3.8, 4) is 16.9 Å². The molecule has 0 fully saturated rings. The monoisotopic (exact) mass is 472 g/mol. The molecule has 126 valence electrons. The maximum absolute atomic E-state index is 5.96. The van der Waals surface area contributed by atoms with Crippen molar-refractivity contribution in [2.24, 2.45) is 0 Å². The third-order valence-corrected chi connectivity index (χ3v) is 5.15. The SMILES string of the molecule is COc1cc(C(C)C)c(Sc2cnc(N)nc2N)cc1C#CSI. The molecule has 0 saturated carbocycles. The van der Waals surface area contributed by atoms with Crippen molar-refractivity contribution >= 4 is 53.7 Å². The van der Waals surface area contributed by atoms with E-state index >= 15 is 0 Å². The lowest BCUT2D eigenvalue weighted by molar-refractivity contribution is 0.412. The number of nitrogens with two attached hydrogens (primary N) is 2. The average molecular weight is 472 g/mol. The summed E-state index contributed by atoms with van der Waals surface area (Å²) in [5.74, 6) is 4.74. The minimum atomic E-state index is 0.168. The van der Waals surface area contributed by atoms with Crippen molar-refractivity contribution in [3.05, 3.63) is 29.5 Å². The van der Waals surface area contributed by atoms with Gasteiger partial charge in [-0.3, -0.25) is 0 Å². The van der Waals surface area contributed by atoms with E-state index < -0.39 is 0 Å². The first-order valence-corrected chi connectivity index (χ1v) is 11.2. The molecule has 2 aromatic rings. The summed E-state index contributed by atoms with van der Waals surface area (Å²) in [6, 6.07) is 4.05. The fraction of sp³-hybridized carbons (Fsp3) is 0.250. The molecule has 0 saturated heterocycles. The van der Waals surface area contributed by atoms with E-state index in [4.69, 9.17) is 16.2 Å². The van der Waals surface area contributed by atoms with Crippen molar-refractivity contribution in [1.82, 2.24) is 9.97 Å². The van der Waals surface area contributed by atoms with Gasteiger partial charge in [0.2, 0.25) is 5.95 Å². The number of nitrogen functional groups attached to an aromatic ring is 2. The zero-order valence-electron chi connectivity index (χ0n) is 13.5. The van der Waals surface area contributed by atoms with E-state index in [0.717, 1.165) is 26.7 Å². The zero-order chi connectivity index (χ0) is 17.7. The Morgan fingerprint density at radius 2 is 2.00 bits per heavy atom. The number of halogens is 1. The molecule has 0 bridgehead atoms. The van der Waals surface area contributed by atoms with Gasteiger partial charge in [0.25, 0.3) is 0 Å². The van der Waals surface area contributed by atoms with Crippen LogP contribution in [-0.4, -0.2) is 17.1 Å². The van der Waals surface area contributed by atoms with Gasteiger partial charge in [0.1, 0.15) is 11.6 Å². The van der Waals surface area contributed by atoms with E-state index in [0.29, 0.717) is 11.7 Å². The number of rotatable bonds is 4. The summed E-state index contributed by atoms with van der Waals surface area (Å²) in [7, 11) is 3.09. The Morgan fingerprint density at radius 3 is 2.58 bits per heavy atom. The van der Waals surface area contributed by atoms with Crippen LogP contribution in [0.15, 0.2) is 28.1 Å². The molecule has 0 atom stereocenters. The molecule has 1 heterocycles. The standard InChI is InChI=1S/C16H17IN4OS2/c1-9(2)11-7-12(22-3)10(4-5-23-17)6-13(11)24-14-8-20-16(19)21-15(14)18/h6-9H,1-3H3,(H4,18,19,20,21). The number of aromatic nitrogens is 2. The van der Waals surface area contributed by atoms with Gasteiger partial charge in [-0.15, -0.1) is 0 Å². The van der Waals surface area contributed by atoms with Crippen LogP contribution in [0.4, 0.5) is 11.8 Å². The van der Waals surface area contributed by atoms with Crippen LogP contribution in [0.1, 0.15) is 30.9 Å². The van der Waals surface area contributed by atoms with Crippen molar-refractivity contribution in [1.29, 1.82) is 0 Å². The molecule has 4 N–H and O–H groups in total. The van der Waals surface area contributed by atoms with Crippen LogP contribution in [0.25, 0.3) is 0 Å². The first-order chi connectivity index (χ1) is 11.5. The molecule has 8 heteroatoms. The Morgan fingerprint density at radius 1 is 1.25 bits per heavy atom. The number of hydrogen-bond donors (Lipinski definition) is 2. The second-order valence-corrected chi connectivity index (χ2v) is 7.89. The van der Waals surface area contributed by atoms with Crippen LogP contribution < -0.4 is 16.2 Å². The molecule has 0 aliphatic carbocycles. The average Bonchev–Trinajstić information content (AvgIpc) is 2.55. The minimum absolute atomic E-state index is 0.168. The highest BCUT2D eigenvalue weighted by molar-refractivity contribution is 14.2. The van der Waals surface area contributed by atoms with E-state index in [1.807, 2.05) is 12.1 Å². The molecule has 0 aliphatic heterocycles. The molecule has 1 aromatic carbocycles. The molecule has 1 aromatic heterocycles. The van der Waals surface area contributed by atoms with Gasteiger partial charge in [-0.2, -0.15) is 4.98 Å². The topological polar surface area (TPSA) is 87.0 Å². The van der Waals surface area contributed by atoms with Crippen molar-refractivity contribution in [2.45, 2.75) is 29.6 Å². The van der Waals surface area contributed by atoms with Crippen LogP contribution in [0, 0.1) is 11.2 Å². The Kier molecular flexibility index (Phi) is 6.89. The van der Waals surface area contributed by atoms with Crippen LogP contribution >= 0.6 is 41.9 Å². The predicted octanol–water partition coefficient (Wildman–Crippen LogP) is 4.32. The highest BCUT2D eigenvalue weighted by atomic mass is 127. The molecule has 0 spiro atoms. The second kappa shape index (κ2) is 8.69. The summed E-state index contributed by atoms with van der Waals surface area (Å²) in [5, 5.41) is 3.00. The molecule has 24 heavy (non-hydrogen) atoms. The van der Waals surface area contributed by atoms with Gasteiger partial charge in [-0.25, -0.2) is 4.98 Å². The summed E-state index contributed by atoms with van der Waals surface area (Å²) < 4.78 is 5.49. The summed E-state index contributed by atoms with van der Waals surface area (Å²) in [6.07, 6.45) is 1.64. The maximum atomic E-state index is 5.96. The van der Waals surface area contributed by atoms with Gasteiger partial charge in [0.15, 0.2) is 0 Å². The van der Waals surface area contributed by atoms with Gasteiger partial charge in [-0.1, -0.05) is 31.5 Å². The lowest BCUT2D eigenvalue weighted by Crippen LogP contribution is -2.01. The van der Waals surface area contributed by atoms with Crippen LogP contribution in [0.3, 0.4) is 0 Å². The smallest absolute Gasteiger partial charge is 0.221 e. The minimum Gasteiger partial charge on any atom is -0.495 e. The normalized spacial score (nSPS) is 10.4. The Labute approximate surface area is 162 Å². The van der Waals surface area contributed by atoms with Gasteiger partial charge in [-0.05, 0) is 37.8 Å². The Bertz CT molecular complexity index is 803. The third-order valence-electron chi connectivity index (χ3n) is 3.20. The van der Waals surface area contributed by atoms with Crippen LogP contribution in [-0.2, 0) is 0 Å². The highest BCUT2D eigenvalue weighted by Crippen LogP contribution is 2.39. The fourth-order valence-corrected chi connectivity index (χ4v) is 3.61. The van der Waals surface area contributed by atoms with E-state index in [-0.39, 0.29) is 5.95 Å². The lowest BCUT2D eigenvalue weighted by atomic mass is 10.0. The molecular weight excluding hydrogens is 455 g/mol. The quantitative estimate of drug-likeness (QED) is 0.507. The molecule has 0 aliphatic rings. The summed E-state index contributed by atoms with van der Waals surface area (Å²) >= 11 is 3.65. The summed E-state index contributed by atoms with van der Waals surface area (Å²) in [5.41, 5.74) is 13.5. The van der Waals surface area contributed by atoms with E-state index in [9.17, 15) is 0 Å². The van der Waals surface area contributed by atoms with Crippen molar-refractivity contribution < 1.29 is 4.74 Å². The Balaban J connectivity index is 2.53. The van der Waals surface area contributed by atoms with Crippen LogP contribution in [0.2, 0.25) is 0 Å². The number of ether oxygens (including phenoxy) is 1. The number of hydrogen-bond acceptors (Lipinski definition) is 7. The summed E-state index contributed by atoms with van der Waals surface area (Å²) in [4.78, 5) is 9.85. The first kappa shape index (κ1) is 19.0. The highest BCUT2D eigenvalue weighted by Gasteiger charge is 2.15. The lowest BCUT2D eigenvalue weighted by Gasteiger charge is -2.16. The zero-order valence-corrected chi connectivity index (χ0v) is 17.3. The predicted molar refractivity (Wildman–Crippen MR) is 111 cm³/mol. The third kappa shape index (κ3) is 4.62. The van der Waals surface area contributed by atoms with Crippen LogP contribution in [0.5, 0.6) is 5.75 Å². The van der Waals surface area contributed by atoms with Crippen molar-refractivity contribution in [3.63, 3.8) is 0 Å². The molecular formula is C16H17IN4OS2. The molecule has 5 nitrogen and oxygen atoms in total. The second-order valence-electron chi connectivity index (χ2n) is 5.13. The number of methoxy groups -OCH3 is 1. The molecule has 0 amide bonds. The largest absolute Gasteiger partial charge is 0.495 e. The van der Waals surface area contributed by atoms with Gasteiger partial charge in [0, 0.05) is 32.3 Å². The van der Waals surface area contributed by atoms with E-state index in [2.05, 4.69) is 56.2 Å². The van der Waals surface area contributed by atoms with E-state index in [1.165, 1.54) is 20.7 Å². The van der Waals surface area contributed by atoms with Gasteiger partial charge in [0.05, 0.1) is 17.6 Å². The van der Waals surface area contributed by atoms with E-state index in [1.54, 1.807) is 13.3 Å². The molecule has 0 unspecified atom stereocenters. The number of benzene rings is 1. The van der Waals surface area contributed by atoms with Gasteiger partial charge >= 0.3 is 0 Å².